The molecule has 0 radical (unpaired) electrons. The fourth-order valence-electron chi connectivity index (χ4n) is 2.69. The smallest absolute Gasteiger partial charge is 0.244 e. The molecule has 1 saturated heterocycles. The lowest BCUT2D eigenvalue weighted by molar-refractivity contribution is -0.126. The maximum Gasteiger partial charge on any atom is 0.244 e. The van der Waals surface area contributed by atoms with Gasteiger partial charge in [0.25, 0.3) is 0 Å². The first-order chi connectivity index (χ1) is 12.8. The van der Waals surface area contributed by atoms with Crippen molar-refractivity contribution >= 4 is 33.4 Å². The third kappa shape index (κ3) is 6.17. The number of benzene rings is 1. The van der Waals surface area contributed by atoms with Crippen molar-refractivity contribution in [2.24, 2.45) is 0 Å². The largest absolute Gasteiger partial charge is 0.355 e. The number of piperazine rings is 1. The number of rotatable bonds is 8. The monoisotopic (exact) mass is 416 g/mol. The van der Waals surface area contributed by atoms with Crippen LogP contribution in [0.15, 0.2) is 29.2 Å². The highest BCUT2D eigenvalue weighted by molar-refractivity contribution is 7.89. The van der Waals surface area contributed by atoms with Crippen molar-refractivity contribution in [3.63, 3.8) is 0 Å². The van der Waals surface area contributed by atoms with E-state index in [1.807, 2.05) is 11.8 Å². The lowest BCUT2D eigenvalue weighted by Gasteiger charge is -2.33. The number of carbonyl (C=O) groups is 2. The summed E-state index contributed by atoms with van der Waals surface area (Å²) in [6.45, 7) is 4.01. The lowest BCUT2D eigenvalue weighted by Crippen LogP contribution is -2.51. The van der Waals surface area contributed by atoms with Crippen LogP contribution in [0.1, 0.15) is 13.3 Å². The van der Waals surface area contributed by atoms with Gasteiger partial charge in [-0.3, -0.25) is 14.5 Å². The van der Waals surface area contributed by atoms with E-state index in [0.29, 0.717) is 19.6 Å². The van der Waals surface area contributed by atoms with Crippen LogP contribution in [0.5, 0.6) is 0 Å². The summed E-state index contributed by atoms with van der Waals surface area (Å²) in [5, 5.41) is 5.45. The molecule has 0 unspecified atom stereocenters. The molecule has 0 aromatic heterocycles. The highest BCUT2D eigenvalue weighted by Gasteiger charge is 2.30. The van der Waals surface area contributed by atoms with Gasteiger partial charge < -0.3 is 10.6 Å². The minimum Gasteiger partial charge on any atom is -0.355 e. The average Bonchev–Trinajstić information content (AvgIpc) is 2.65. The van der Waals surface area contributed by atoms with Crippen molar-refractivity contribution in [2.45, 2.75) is 18.2 Å². The van der Waals surface area contributed by atoms with Crippen LogP contribution in [0.2, 0.25) is 5.02 Å². The van der Waals surface area contributed by atoms with E-state index in [-0.39, 0.29) is 47.9 Å². The average molecular weight is 417 g/mol. The summed E-state index contributed by atoms with van der Waals surface area (Å²) in [5.41, 5.74) is 0. The van der Waals surface area contributed by atoms with Gasteiger partial charge in [0.1, 0.15) is 4.90 Å². The minimum atomic E-state index is -3.65. The molecule has 2 amide bonds. The van der Waals surface area contributed by atoms with Crippen LogP contribution < -0.4 is 10.6 Å². The second-order valence-corrected chi connectivity index (χ2v) is 8.55. The van der Waals surface area contributed by atoms with Gasteiger partial charge in [0.15, 0.2) is 0 Å². The number of nitrogens with one attached hydrogen (secondary N) is 2. The van der Waals surface area contributed by atoms with Gasteiger partial charge >= 0.3 is 0 Å². The number of carbonyl (C=O) groups excluding carboxylic acids is 2. The van der Waals surface area contributed by atoms with Crippen molar-refractivity contribution in [2.75, 3.05) is 45.8 Å². The van der Waals surface area contributed by atoms with E-state index in [1.54, 1.807) is 18.2 Å². The summed E-state index contributed by atoms with van der Waals surface area (Å²) < 4.78 is 26.8. The Kier molecular flexibility index (Phi) is 8.03. The van der Waals surface area contributed by atoms with E-state index in [1.165, 1.54) is 10.4 Å². The summed E-state index contributed by atoms with van der Waals surface area (Å²) in [7, 11) is -3.65. The minimum absolute atomic E-state index is 0.0559. The molecule has 0 aliphatic carbocycles. The molecule has 1 fully saturated rings. The van der Waals surface area contributed by atoms with Crippen LogP contribution >= 0.6 is 11.6 Å². The van der Waals surface area contributed by atoms with Crippen molar-refractivity contribution < 1.29 is 18.0 Å². The molecule has 1 aliphatic rings. The molecule has 0 atom stereocenters. The summed E-state index contributed by atoms with van der Waals surface area (Å²) >= 11 is 6.02. The Balaban J connectivity index is 1.81. The second-order valence-electron chi connectivity index (χ2n) is 6.24. The molecular weight excluding hydrogens is 392 g/mol. The molecule has 0 bridgehead atoms. The number of hydrogen-bond acceptors (Lipinski definition) is 5. The predicted molar refractivity (Wildman–Crippen MR) is 103 cm³/mol. The van der Waals surface area contributed by atoms with Gasteiger partial charge in [-0.05, 0) is 18.6 Å². The fraction of sp³-hybridized carbons (Fsp3) is 0.529. The topological polar surface area (TPSA) is 98.8 Å². The van der Waals surface area contributed by atoms with Gasteiger partial charge in [-0.15, -0.1) is 0 Å². The van der Waals surface area contributed by atoms with Crippen molar-refractivity contribution in [1.82, 2.24) is 19.8 Å². The molecule has 1 aromatic carbocycles. The van der Waals surface area contributed by atoms with Crippen LogP contribution in [0.25, 0.3) is 0 Å². The highest BCUT2D eigenvalue weighted by atomic mass is 35.5. The van der Waals surface area contributed by atoms with Crippen molar-refractivity contribution in [1.29, 1.82) is 0 Å². The maximum absolute atomic E-state index is 12.7. The molecule has 8 nitrogen and oxygen atoms in total. The van der Waals surface area contributed by atoms with E-state index in [0.717, 1.165) is 6.42 Å². The van der Waals surface area contributed by atoms with E-state index in [2.05, 4.69) is 10.6 Å². The number of hydrogen-bond donors (Lipinski definition) is 2. The van der Waals surface area contributed by atoms with E-state index < -0.39 is 10.0 Å². The number of sulfonamides is 1. The van der Waals surface area contributed by atoms with Gasteiger partial charge in [-0.2, -0.15) is 4.31 Å². The molecule has 2 N–H and O–H groups in total. The number of halogens is 1. The number of amides is 2. The Morgan fingerprint density at radius 1 is 1.07 bits per heavy atom. The maximum atomic E-state index is 12.7. The van der Waals surface area contributed by atoms with Gasteiger partial charge in [0.2, 0.25) is 21.8 Å². The van der Waals surface area contributed by atoms with Crippen LogP contribution in [0, 0.1) is 0 Å². The molecule has 2 rings (SSSR count). The van der Waals surface area contributed by atoms with Crippen LogP contribution in [0.3, 0.4) is 0 Å². The molecule has 1 heterocycles. The van der Waals surface area contributed by atoms with E-state index >= 15 is 0 Å². The van der Waals surface area contributed by atoms with Gasteiger partial charge in [0.05, 0.1) is 18.1 Å². The summed E-state index contributed by atoms with van der Waals surface area (Å²) in [6.07, 6.45) is 0.834. The summed E-state index contributed by atoms with van der Waals surface area (Å²) in [4.78, 5) is 25.4. The Morgan fingerprint density at radius 3 is 2.37 bits per heavy atom. The zero-order valence-corrected chi connectivity index (χ0v) is 16.9. The summed E-state index contributed by atoms with van der Waals surface area (Å²) in [5.74, 6) is -0.482. The SMILES string of the molecule is CCCNC(=O)CNC(=O)CN1CCN(S(=O)(=O)c2ccccc2Cl)CC1. The first-order valence-corrected chi connectivity index (χ1v) is 10.7. The first-order valence-electron chi connectivity index (χ1n) is 8.85. The second kappa shape index (κ2) is 10.0. The molecular formula is C17H25ClN4O4S. The molecule has 1 aliphatic heterocycles. The normalized spacial score (nSPS) is 16.1. The Labute approximate surface area is 164 Å². The molecule has 1 aromatic rings. The van der Waals surface area contributed by atoms with Crippen LogP contribution in [-0.2, 0) is 19.6 Å². The van der Waals surface area contributed by atoms with Gasteiger partial charge in [-0.1, -0.05) is 30.7 Å². The highest BCUT2D eigenvalue weighted by Crippen LogP contribution is 2.24. The standard InChI is InChI=1S/C17H25ClN4O4S/c1-2-7-19-16(23)12-20-17(24)13-21-8-10-22(11-9-21)27(25,26)15-6-4-3-5-14(15)18/h3-6H,2,7-13H2,1H3,(H,19,23)(H,20,24). The molecule has 0 spiro atoms. The zero-order valence-electron chi connectivity index (χ0n) is 15.3. The van der Waals surface area contributed by atoms with Crippen molar-refractivity contribution in [3.8, 4) is 0 Å². The molecule has 10 heteroatoms. The Bertz CT molecular complexity index is 764. The number of nitrogens with zero attached hydrogens (tertiary/aromatic N) is 2. The first kappa shape index (κ1) is 21.6. The summed E-state index contributed by atoms with van der Waals surface area (Å²) in [6, 6.07) is 6.35. The van der Waals surface area contributed by atoms with Crippen molar-refractivity contribution in [3.05, 3.63) is 29.3 Å². The van der Waals surface area contributed by atoms with Crippen LogP contribution in [-0.4, -0.2) is 75.3 Å². The molecule has 0 saturated carbocycles. The molecule has 150 valence electrons. The van der Waals surface area contributed by atoms with Gasteiger partial charge in [-0.25, -0.2) is 8.42 Å². The third-order valence-corrected chi connectivity index (χ3v) is 6.57. The Hall–Kier alpha value is -1.68. The Morgan fingerprint density at radius 2 is 1.74 bits per heavy atom. The quantitative estimate of drug-likeness (QED) is 0.634. The fourth-order valence-corrected chi connectivity index (χ4v) is 4.60. The predicted octanol–water partition coefficient (Wildman–Crippen LogP) is 0.289. The van der Waals surface area contributed by atoms with E-state index in [9.17, 15) is 18.0 Å². The van der Waals surface area contributed by atoms with Crippen LogP contribution in [0.4, 0.5) is 0 Å². The lowest BCUT2D eigenvalue weighted by atomic mass is 10.3. The third-order valence-electron chi connectivity index (χ3n) is 4.17. The van der Waals surface area contributed by atoms with Gasteiger partial charge in [0, 0.05) is 32.7 Å². The molecule has 27 heavy (non-hydrogen) atoms. The van der Waals surface area contributed by atoms with E-state index in [4.69, 9.17) is 11.6 Å². The zero-order chi connectivity index (χ0) is 19.9.